The molecule has 22 heavy (non-hydrogen) atoms. The van der Waals surface area contributed by atoms with Gasteiger partial charge in [0.15, 0.2) is 0 Å². The van der Waals surface area contributed by atoms with Crippen LogP contribution in [-0.4, -0.2) is 26.6 Å². The van der Waals surface area contributed by atoms with Crippen molar-refractivity contribution in [1.82, 2.24) is 9.29 Å². The minimum atomic E-state index is -3.51. The van der Waals surface area contributed by atoms with Gasteiger partial charge in [-0.25, -0.2) is 13.1 Å². The van der Waals surface area contributed by atoms with E-state index in [9.17, 15) is 8.42 Å². The van der Waals surface area contributed by atoms with Crippen LogP contribution in [0.2, 0.25) is 0 Å². The molecule has 2 aromatic rings. The maximum Gasteiger partial charge on any atom is 0.240 e. The molecule has 0 aliphatic carbocycles. The molecule has 1 aromatic carbocycles. The van der Waals surface area contributed by atoms with E-state index in [1.807, 2.05) is 37.0 Å². The number of aryl methyl sites for hydroxylation is 3. The lowest BCUT2D eigenvalue weighted by atomic mass is 10.1. The molecule has 6 heteroatoms. The van der Waals surface area contributed by atoms with Crippen molar-refractivity contribution >= 4 is 10.0 Å². The number of rotatable bonds is 6. The fraction of sp³-hybridized carbons (Fsp3) is 0.375. The van der Waals surface area contributed by atoms with Crippen LogP contribution in [0.4, 0.5) is 0 Å². The van der Waals surface area contributed by atoms with Crippen LogP contribution in [0.3, 0.4) is 0 Å². The van der Waals surface area contributed by atoms with Gasteiger partial charge in [-0.05, 0) is 55.2 Å². The van der Waals surface area contributed by atoms with E-state index >= 15 is 0 Å². The number of hydrogen-bond acceptors (Lipinski definition) is 3. The molecule has 0 fully saturated rings. The molecule has 0 unspecified atom stereocenters. The monoisotopic (exact) mass is 322 g/mol. The van der Waals surface area contributed by atoms with Gasteiger partial charge in [0, 0.05) is 26.0 Å². The van der Waals surface area contributed by atoms with Crippen molar-refractivity contribution in [3.63, 3.8) is 0 Å². The Morgan fingerprint density at radius 1 is 1.23 bits per heavy atom. The maximum absolute atomic E-state index is 12.4. The van der Waals surface area contributed by atoms with Gasteiger partial charge in [-0.2, -0.15) is 0 Å². The van der Waals surface area contributed by atoms with E-state index < -0.39 is 10.0 Å². The molecule has 0 aliphatic rings. The fourth-order valence-corrected chi connectivity index (χ4v) is 3.73. The van der Waals surface area contributed by atoms with E-state index in [1.165, 1.54) is 0 Å². The van der Waals surface area contributed by atoms with Crippen molar-refractivity contribution in [1.29, 1.82) is 0 Å². The molecule has 120 valence electrons. The topological polar surface area (TPSA) is 60.3 Å². The first-order chi connectivity index (χ1) is 10.3. The summed E-state index contributed by atoms with van der Waals surface area (Å²) in [6.45, 7) is 3.98. The lowest BCUT2D eigenvalue weighted by Crippen LogP contribution is -2.26. The second-order valence-electron chi connectivity index (χ2n) is 5.42. The van der Waals surface area contributed by atoms with Crippen LogP contribution in [0.25, 0.3) is 0 Å². The average Bonchev–Trinajstić information content (AvgIpc) is 2.86. The molecule has 0 saturated carbocycles. The second kappa shape index (κ2) is 6.54. The predicted octanol–water partition coefficient (Wildman–Crippen LogP) is 2.17. The molecule has 0 saturated heterocycles. The predicted molar refractivity (Wildman–Crippen MR) is 86.8 cm³/mol. The van der Waals surface area contributed by atoms with Gasteiger partial charge in [-0.1, -0.05) is 0 Å². The molecule has 0 bridgehead atoms. The maximum atomic E-state index is 12.4. The number of aromatic nitrogens is 1. The highest BCUT2D eigenvalue weighted by atomic mass is 32.2. The molecule has 1 heterocycles. The standard InChI is InChI=1S/C16H22N2O3S/c1-12-10-16(13(2)9-15(12)21-4)22(19,20)17-7-5-14-6-8-18(3)11-14/h6,8-11,17H,5,7H2,1-4H3. The summed E-state index contributed by atoms with van der Waals surface area (Å²) in [4.78, 5) is 0.305. The zero-order valence-corrected chi connectivity index (χ0v) is 14.2. The van der Waals surface area contributed by atoms with Crippen LogP contribution in [-0.2, 0) is 23.5 Å². The third-order valence-corrected chi connectivity index (χ3v) is 5.18. The van der Waals surface area contributed by atoms with Gasteiger partial charge >= 0.3 is 0 Å². The Morgan fingerprint density at radius 3 is 2.55 bits per heavy atom. The Bertz CT molecular complexity index is 764. The minimum absolute atomic E-state index is 0.305. The van der Waals surface area contributed by atoms with Crippen molar-refractivity contribution in [3.05, 3.63) is 47.3 Å². The first kappa shape index (κ1) is 16.6. The number of hydrogen-bond donors (Lipinski definition) is 1. The Balaban J connectivity index is 2.11. The first-order valence-corrected chi connectivity index (χ1v) is 8.57. The molecule has 5 nitrogen and oxygen atoms in total. The van der Waals surface area contributed by atoms with Gasteiger partial charge in [-0.3, -0.25) is 0 Å². The molecule has 0 radical (unpaired) electrons. The van der Waals surface area contributed by atoms with Gasteiger partial charge in [0.05, 0.1) is 12.0 Å². The normalized spacial score (nSPS) is 11.6. The molecular weight excluding hydrogens is 300 g/mol. The first-order valence-electron chi connectivity index (χ1n) is 7.09. The van der Waals surface area contributed by atoms with Crippen LogP contribution in [0.1, 0.15) is 16.7 Å². The van der Waals surface area contributed by atoms with Crippen LogP contribution in [0, 0.1) is 13.8 Å². The summed E-state index contributed by atoms with van der Waals surface area (Å²) in [5.74, 6) is 0.695. The summed E-state index contributed by atoms with van der Waals surface area (Å²) in [5.41, 5.74) is 2.58. The fourth-order valence-electron chi connectivity index (χ4n) is 2.39. The molecule has 1 N–H and O–H groups in total. The van der Waals surface area contributed by atoms with Crippen LogP contribution in [0.15, 0.2) is 35.5 Å². The van der Waals surface area contributed by atoms with Crippen molar-refractivity contribution in [2.24, 2.45) is 7.05 Å². The number of sulfonamides is 1. The van der Waals surface area contributed by atoms with E-state index in [-0.39, 0.29) is 0 Å². The number of methoxy groups -OCH3 is 1. The quantitative estimate of drug-likeness (QED) is 0.887. The van der Waals surface area contributed by atoms with E-state index in [0.29, 0.717) is 29.2 Å². The molecule has 2 rings (SSSR count). The van der Waals surface area contributed by atoms with E-state index in [1.54, 1.807) is 26.2 Å². The zero-order chi connectivity index (χ0) is 16.3. The van der Waals surface area contributed by atoms with Crippen LogP contribution in [0.5, 0.6) is 5.75 Å². The Kier molecular flexibility index (Phi) is 4.93. The second-order valence-corrected chi connectivity index (χ2v) is 7.16. The minimum Gasteiger partial charge on any atom is -0.496 e. The Morgan fingerprint density at radius 2 is 1.95 bits per heavy atom. The highest BCUT2D eigenvalue weighted by Gasteiger charge is 2.18. The molecule has 0 atom stereocenters. The number of nitrogens with zero attached hydrogens (tertiary/aromatic N) is 1. The third-order valence-electron chi connectivity index (χ3n) is 3.58. The van der Waals surface area contributed by atoms with Crippen LogP contribution >= 0.6 is 0 Å². The summed E-state index contributed by atoms with van der Waals surface area (Å²) in [6.07, 6.45) is 4.59. The van der Waals surface area contributed by atoms with Gasteiger partial charge < -0.3 is 9.30 Å². The molecule has 1 aromatic heterocycles. The Hall–Kier alpha value is -1.79. The SMILES string of the molecule is COc1cc(C)c(S(=O)(=O)NCCc2ccn(C)c2)cc1C. The molecule has 0 spiro atoms. The number of benzene rings is 1. The summed E-state index contributed by atoms with van der Waals surface area (Å²) in [5, 5.41) is 0. The summed E-state index contributed by atoms with van der Waals surface area (Å²) in [6, 6.07) is 5.39. The third kappa shape index (κ3) is 3.69. The smallest absolute Gasteiger partial charge is 0.240 e. The average molecular weight is 322 g/mol. The van der Waals surface area contributed by atoms with Gasteiger partial charge in [0.25, 0.3) is 0 Å². The molecule has 0 amide bonds. The van der Waals surface area contributed by atoms with Crippen LogP contribution < -0.4 is 9.46 Å². The Labute approximate surface area is 132 Å². The molecule has 0 aliphatic heterocycles. The van der Waals surface area contributed by atoms with Crippen molar-refractivity contribution in [3.8, 4) is 5.75 Å². The highest BCUT2D eigenvalue weighted by molar-refractivity contribution is 7.89. The molecular formula is C16H22N2O3S. The summed E-state index contributed by atoms with van der Waals surface area (Å²) in [7, 11) is 0.00493. The van der Waals surface area contributed by atoms with Crippen molar-refractivity contribution in [2.75, 3.05) is 13.7 Å². The van der Waals surface area contributed by atoms with Gasteiger partial charge in [-0.15, -0.1) is 0 Å². The lowest BCUT2D eigenvalue weighted by molar-refractivity contribution is 0.411. The van der Waals surface area contributed by atoms with Gasteiger partial charge in [0.2, 0.25) is 10.0 Å². The summed E-state index contributed by atoms with van der Waals surface area (Å²) >= 11 is 0. The summed E-state index contributed by atoms with van der Waals surface area (Å²) < 4.78 is 34.7. The van der Waals surface area contributed by atoms with E-state index in [2.05, 4.69) is 4.72 Å². The number of nitrogens with one attached hydrogen (secondary N) is 1. The van der Waals surface area contributed by atoms with E-state index in [0.717, 1.165) is 11.1 Å². The van der Waals surface area contributed by atoms with Crippen molar-refractivity contribution < 1.29 is 13.2 Å². The largest absolute Gasteiger partial charge is 0.496 e. The number of ether oxygens (including phenoxy) is 1. The van der Waals surface area contributed by atoms with Gasteiger partial charge in [0.1, 0.15) is 5.75 Å². The zero-order valence-electron chi connectivity index (χ0n) is 13.4. The van der Waals surface area contributed by atoms with E-state index in [4.69, 9.17) is 4.74 Å². The van der Waals surface area contributed by atoms with Crippen molar-refractivity contribution in [2.45, 2.75) is 25.2 Å². The lowest BCUT2D eigenvalue weighted by Gasteiger charge is -2.12. The highest BCUT2D eigenvalue weighted by Crippen LogP contribution is 2.25.